The third kappa shape index (κ3) is 7.08. The molecule has 36 heavy (non-hydrogen) atoms. The second-order valence-corrected chi connectivity index (χ2v) is 9.08. The summed E-state index contributed by atoms with van der Waals surface area (Å²) in [4.78, 5) is 44.5. The first-order valence-electron chi connectivity index (χ1n) is 10.6. The summed E-state index contributed by atoms with van der Waals surface area (Å²) in [7, 11) is 0. The number of nitrogens with zero attached hydrogens (tertiary/aromatic N) is 1. The lowest BCUT2D eigenvalue weighted by Crippen LogP contribution is -2.28. The summed E-state index contributed by atoms with van der Waals surface area (Å²) in [6, 6.07) is 7.79. The maximum Gasteiger partial charge on any atom is 0.417 e. The van der Waals surface area contributed by atoms with Gasteiger partial charge in [0.25, 0.3) is 0 Å². The molecule has 12 heteroatoms. The Morgan fingerprint density at radius 1 is 1.06 bits per heavy atom. The van der Waals surface area contributed by atoms with Crippen LogP contribution in [0.3, 0.4) is 0 Å². The van der Waals surface area contributed by atoms with Gasteiger partial charge in [-0.2, -0.15) is 13.2 Å². The molecule has 0 aliphatic heterocycles. The number of nitrogens with one attached hydrogen (secondary N) is 3. The van der Waals surface area contributed by atoms with Gasteiger partial charge in [0.05, 0.1) is 28.4 Å². The van der Waals surface area contributed by atoms with Gasteiger partial charge in [0.1, 0.15) is 11.4 Å². The number of benzene rings is 2. The second kappa shape index (κ2) is 10.4. The Kier molecular flexibility index (Phi) is 7.73. The Labute approximate surface area is 209 Å². The van der Waals surface area contributed by atoms with Gasteiger partial charge in [-0.3, -0.25) is 14.9 Å². The average molecular weight is 523 g/mol. The van der Waals surface area contributed by atoms with Crippen LogP contribution in [0.4, 0.5) is 29.3 Å². The predicted octanol–water partition coefficient (Wildman–Crippen LogP) is 6.31. The molecule has 0 bridgehead atoms. The van der Waals surface area contributed by atoms with Gasteiger partial charge in [-0.05, 0) is 39.0 Å². The molecule has 190 valence electrons. The number of aromatic amines is 1. The Morgan fingerprint density at radius 3 is 2.36 bits per heavy atom. The van der Waals surface area contributed by atoms with Crippen LogP contribution in [0.25, 0.3) is 11.4 Å². The summed E-state index contributed by atoms with van der Waals surface area (Å²) < 4.78 is 45.3. The van der Waals surface area contributed by atoms with E-state index < -0.39 is 52.3 Å². The van der Waals surface area contributed by atoms with Crippen LogP contribution >= 0.6 is 11.6 Å². The summed E-state index contributed by atoms with van der Waals surface area (Å²) >= 11 is 5.77. The molecule has 3 rings (SSSR count). The van der Waals surface area contributed by atoms with E-state index in [1.807, 2.05) is 0 Å². The number of ether oxygens (including phenoxy) is 1. The molecule has 8 nitrogen and oxygen atoms in total. The van der Waals surface area contributed by atoms with Crippen LogP contribution in [0.1, 0.15) is 43.1 Å². The van der Waals surface area contributed by atoms with Crippen molar-refractivity contribution in [1.29, 1.82) is 0 Å². The number of amides is 2. The number of hydrogen-bond donors (Lipinski definition) is 3. The minimum absolute atomic E-state index is 0.207. The van der Waals surface area contributed by atoms with E-state index in [1.165, 1.54) is 12.1 Å². The molecule has 3 N–H and O–H groups in total. The molecule has 0 saturated carbocycles. The molecule has 1 heterocycles. The molecule has 0 fully saturated rings. The largest absolute Gasteiger partial charge is 0.444 e. The lowest BCUT2D eigenvalue weighted by molar-refractivity contribution is -0.137. The second-order valence-electron chi connectivity index (χ2n) is 8.67. The third-order valence-corrected chi connectivity index (χ3v) is 4.91. The topological polar surface area (TPSA) is 113 Å². The Morgan fingerprint density at radius 2 is 1.75 bits per heavy atom. The lowest BCUT2D eigenvalue weighted by Gasteiger charge is -2.21. The maximum absolute atomic E-state index is 13.4. The number of carbonyl (C=O) groups is 3. The van der Waals surface area contributed by atoms with E-state index in [2.05, 4.69) is 20.6 Å². The number of imidazole rings is 1. The predicted molar refractivity (Wildman–Crippen MR) is 128 cm³/mol. The van der Waals surface area contributed by atoms with Crippen LogP contribution in [-0.2, 0) is 15.7 Å². The number of carbonyl (C=O) groups excluding carboxylic acids is 3. The highest BCUT2D eigenvalue weighted by Crippen LogP contribution is 2.39. The van der Waals surface area contributed by atoms with E-state index in [1.54, 1.807) is 45.3 Å². The van der Waals surface area contributed by atoms with Crippen LogP contribution < -0.4 is 10.6 Å². The highest BCUT2D eigenvalue weighted by Gasteiger charge is 2.34. The number of rotatable bonds is 6. The van der Waals surface area contributed by atoms with E-state index in [0.29, 0.717) is 17.5 Å². The molecule has 0 spiro atoms. The fourth-order valence-corrected chi connectivity index (χ4v) is 3.39. The van der Waals surface area contributed by atoms with Gasteiger partial charge in [0.2, 0.25) is 5.91 Å². The number of H-pyrrole nitrogens is 1. The van der Waals surface area contributed by atoms with Crippen molar-refractivity contribution in [2.75, 3.05) is 10.6 Å². The highest BCUT2D eigenvalue weighted by atomic mass is 35.5. The minimum atomic E-state index is -4.83. The first-order chi connectivity index (χ1) is 16.7. The molecule has 0 atom stereocenters. The zero-order valence-corrected chi connectivity index (χ0v) is 20.2. The van der Waals surface area contributed by atoms with Crippen molar-refractivity contribution in [2.45, 2.75) is 39.0 Å². The third-order valence-electron chi connectivity index (χ3n) is 4.60. The summed E-state index contributed by atoms with van der Waals surface area (Å²) in [6.07, 6.45) is -3.32. The number of hydrogen-bond acceptors (Lipinski definition) is 5. The summed E-state index contributed by atoms with van der Waals surface area (Å²) in [5, 5.41) is 3.83. The van der Waals surface area contributed by atoms with Crippen molar-refractivity contribution in [2.24, 2.45) is 0 Å². The van der Waals surface area contributed by atoms with Gasteiger partial charge in [-0.25, -0.2) is 9.78 Å². The fourth-order valence-electron chi connectivity index (χ4n) is 3.12. The first kappa shape index (κ1) is 26.7. The van der Waals surface area contributed by atoms with Crippen molar-refractivity contribution in [3.05, 3.63) is 64.9 Å². The molecule has 0 unspecified atom stereocenters. The molecule has 1 aromatic heterocycles. The molecule has 0 aliphatic rings. The average Bonchev–Trinajstić information content (AvgIpc) is 3.28. The summed E-state index contributed by atoms with van der Waals surface area (Å²) in [5.74, 6) is -0.952. The number of ketones is 1. The van der Waals surface area contributed by atoms with Crippen LogP contribution in [0, 0.1) is 0 Å². The molecule has 0 aliphatic carbocycles. The van der Waals surface area contributed by atoms with Crippen molar-refractivity contribution in [3.63, 3.8) is 0 Å². The van der Waals surface area contributed by atoms with Crippen LogP contribution in [0.15, 0.2) is 48.8 Å². The monoisotopic (exact) mass is 522 g/mol. The maximum atomic E-state index is 13.4. The standard InChI is InChI=1S/C24H22ClF3N4O4/c1-23(2,3)36-22(35)32-18-11-16(25)15(24(26,27)28)10-17(18)31-20(34)12-19(33)13-5-4-6-14(9-13)21-29-7-8-30-21/h4-11H,12H2,1-3H3,(H,29,30)(H,31,34)(H,32,35). The number of Topliss-reactive ketones (excluding diaryl/α,β-unsaturated/α-hetero) is 1. The number of aromatic nitrogens is 2. The first-order valence-corrected chi connectivity index (χ1v) is 10.9. The summed E-state index contributed by atoms with van der Waals surface area (Å²) in [5.41, 5.74) is -1.94. The fraction of sp³-hybridized carbons (Fsp3) is 0.250. The SMILES string of the molecule is CC(C)(C)OC(=O)Nc1cc(Cl)c(C(F)(F)F)cc1NC(=O)CC(=O)c1cccc(-c2ncc[nH]2)c1. The van der Waals surface area contributed by atoms with Gasteiger partial charge < -0.3 is 15.0 Å². The van der Waals surface area contributed by atoms with E-state index in [-0.39, 0.29) is 11.3 Å². The normalized spacial score (nSPS) is 11.6. The summed E-state index contributed by atoms with van der Waals surface area (Å²) in [6.45, 7) is 4.80. The smallest absolute Gasteiger partial charge is 0.417 e. The quantitative estimate of drug-likeness (QED) is 0.259. The van der Waals surface area contributed by atoms with Crippen LogP contribution in [0.5, 0.6) is 0 Å². The van der Waals surface area contributed by atoms with E-state index >= 15 is 0 Å². The Bertz CT molecular complexity index is 1290. The van der Waals surface area contributed by atoms with Gasteiger partial charge in [0, 0.05) is 23.5 Å². The number of halogens is 4. The van der Waals surface area contributed by atoms with Crippen molar-refractivity contribution >= 4 is 40.8 Å². The Hall–Kier alpha value is -3.86. The molecule has 0 radical (unpaired) electrons. The van der Waals surface area contributed by atoms with Crippen LogP contribution in [0.2, 0.25) is 5.02 Å². The van der Waals surface area contributed by atoms with Gasteiger partial charge in [-0.15, -0.1) is 0 Å². The molecular formula is C24H22ClF3N4O4. The molecule has 2 amide bonds. The molecular weight excluding hydrogens is 501 g/mol. The molecule has 3 aromatic rings. The van der Waals surface area contributed by atoms with E-state index in [9.17, 15) is 27.6 Å². The van der Waals surface area contributed by atoms with Gasteiger partial charge in [-0.1, -0.05) is 29.8 Å². The molecule has 0 saturated heterocycles. The molecule has 2 aromatic carbocycles. The van der Waals surface area contributed by atoms with Gasteiger partial charge >= 0.3 is 12.3 Å². The van der Waals surface area contributed by atoms with Crippen molar-refractivity contribution in [1.82, 2.24) is 9.97 Å². The number of anilines is 2. The zero-order chi connectivity index (χ0) is 26.7. The van der Waals surface area contributed by atoms with E-state index in [0.717, 1.165) is 6.07 Å². The van der Waals surface area contributed by atoms with Crippen LogP contribution in [-0.4, -0.2) is 33.4 Å². The van der Waals surface area contributed by atoms with Crippen molar-refractivity contribution < 1.29 is 32.3 Å². The lowest BCUT2D eigenvalue weighted by atomic mass is 10.0. The Balaban J connectivity index is 1.83. The number of alkyl halides is 3. The van der Waals surface area contributed by atoms with E-state index in [4.69, 9.17) is 16.3 Å². The highest BCUT2D eigenvalue weighted by molar-refractivity contribution is 6.32. The van der Waals surface area contributed by atoms with Gasteiger partial charge in [0.15, 0.2) is 5.78 Å². The minimum Gasteiger partial charge on any atom is -0.444 e. The zero-order valence-electron chi connectivity index (χ0n) is 19.4. The van der Waals surface area contributed by atoms with Crippen molar-refractivity contribution in [3.8, 4) is 11.4 Å².